The van der Waals surface area contributed by atoms with Crippen LogP contribution in [0.1, 0.15) is 110 Å². The van der Waals surface area contributed by atoms with Crippen molar-refractivity contribution < 1.29 is 4.74 Å². The second-order valence-electron chi connectivity index (χ2n) is 6.29. The topological polar surface area (TPSA) is 9.23 Å². The second-order valence-corrected chi connectivity index (χ2v) is 6.29. The van der Waals surface area contributed by atoms with E-state index in [4.69, 9.17) is 4.74 Å². The van der Waals surface area contributed by atoms with Crippen LogP contribution in [0, 0.1) is 0 Å². The van der Waals surface area contributed by atoms with Crippen molar-refractivity contribution in [3.05, 3.63) is 12.3 Å². The Morgan fingerprint density at radius 1 is 0.571 bits per heavy atom. The number of ether oxygens (including phenoxy) is 1. The summed E-state index contributed by atoms with van der Waals surface area (Å²) in [6, 6.07) is 0. The maximum absolute atomic E-state index is 5.32. The van der Waals surface area contributed by atoms with E-state index in [2.05, 4.69) is 6.92 Å². The van der Waals surface area contributed by atoms with Crippen LogP contribution in [0.15, 0.2) is 12.3 Å². The summed E-state index contributed by atoms with van der Waals surface area (Å²) in [7, 11) is 0. The van der Waals surface area contributed by atoms with Gasteiger partial charge in [-0.25, -0.2) is 0 Å². The molecule has 0 rings (SSSR count). The summed E-state index contributed by atoms with van der Waals surface area (Å²) in [4.78, 5) is 0. The zero-order valence-electron chi connectivity index (χ0n) is 14.9. The normalized spacial score (nSPS) is 11.3. The van der Waals surface area contributed by atoms with E-state index in [-0.39, 0.29) is 0 Å². The van der Waals surface area contributed by atoms with Gasteiger partial charge in [0.15, 0.2) is 0 Å². The summed E-state index contributed by atoms with van der Waals surface area (Å²) in [6.07, 6.45) is 25.0. The van der Waals surface area contributed by atoms with Gasteiger partial charge in [0.05, 0.1) is 12.9 Å². The summed E-state index contributed by atoms with van der Waals surface area (Å²) in [6.45, 7) is 5.17. The summed E-state index contributed by atoms with van der Waals surface area (Å²) in [5.41, 5.74) is 0. The molecule has 0 aliphatic carbocycles. The molecule has 1 heteroatoms. The first-order valence-corrected chi connectivity index (χ1v) is 9.64. The highest BCUT2D eigenvalue weighted by molar-refractivity contribution is 4.64. The lowest BCUT2D eigenvalue weighted by molar-refractivity contribution is 0.240. The predicted molar refractivity (Wildman–Crippen MR) is 95.7 cm³/mol. The molecule has 1 nitrogen and oxygen atoms in total. The lowest BCUT2D eigenvalue weighted by Crippen LogP contribution is -1.88. The first-order chi connectivity index (χ1) is 10.4. The molecule has 0 radical (unpaired) electrons. The molecule has 0 saturated heterocycles. The van der Waals surface area contributed by atoms with E-state index in [9.17, 15) is 0 Å². The Labute approximate surface area is 134 Å². The molecule has 0 aliphatic rings. The van der Waals surface area contributed by atoms with Crippen molar-refractivity contribution in [2.45, 2.75) is 110 Å². The molecule has 126 valence electrons. The van der Waals surface area contributed by atoms with Gasteiger partial charge < -0.3 is 4.74 Å². The second kappa shape index (κ2) is 19.5. The van der Waals surface area contributed by atoms with Gasteiger partial charge >= 0.3 is 0 Å². The third-order valence-electron chi connectivity index (χ3n) is 4.10. The van der Waals surface area contributed by atoms with Crippen molar-refractivity contribution in [3.63, 3.8) is 0 Å². The molecule has 0 aromatic heterocycles. The lowest BCUT2D eigenvalue weighted by Gasteiger charge is -2.03. The van der Waals surface area contributed by atoms with Crippen LogP contribution >= 0.6 is 0 Å². The van der Waals surface area contributed by atoms with Crippen LogP contribution in [0.4, 0.5) is 0 Å². The molecule has 0 spiro atoms. The fourth-order valence-corrected chi connectivity index (χ4v) is 2.72. The minimum atomic E-state index is 0.891. The fraction of sp³-hybridized carbons (Fsp3) is 0.900. The third kappa shape index (κ3) is 19.5. The third-order valence-corrected chi connectivity index (χ3v) is 4.10. The first-order valence-electron chi connectivity index (χ1n) is 9.64. The smallest absolute Gasteiger partial charge is 0.0873 e. The number of unbranched alkanes of at least 4 members (excludes halogenated alkanes) is 14. The largest absolute Gasteiger partial charge is 0.502 e. The molecule has 0 aliphatic heterocycles. The van der Waals surface area contributed by atoms with Gasteiger partial charge in [0, 0.05) is 0 Å². The van der Waals surface area contributed by atoms with Gasteiger partial charge in [-0.2, -0.15) is 0 Å². The number of allylic oxidation sites excluding steroid dienone is 1. The quantitative estimate of drug-likeness (QED) is 0.200. The van der Waals surface area contributed by atoms with Gasteiger partial charge in [-0.3, -0.25) is 0 Å². The minimum absolute atomic E-state index is 0.891. The average molecular weight is 297 g/mol. The Bertz CT molecular complexity index is 198. The molecule has 0 unspecified atom stereocenters. The van der Waals surface area contributed by atoms with Crippen LogP contribution in [0.3, 0.4) is 0 Å². The summed E-state index contributed by atoms with van der Waals surface area (Å²) >= 11 is 0. The number of hydrogen-bond acceptors (Lipinski definition) is 1. The Balaban J connectivity index is 2.93. The van der Waals surface area contributed by atoms with Crippen molar-refractivity contribution >= 4 is 0 Å². The van der Waals surface area contributed by atoms with Crippen molar-refractivity contribution in [1.82, 2.24) is 0 Å². The molecule has 0 atom stereocenters. The molecular formula is C20H40O. The molecular weight excluding hydrogens is 256 g/mol. The Hall–Kier alpha value is -0.460. The van der Waals surface area contributed by atoms with E-state index in [0.29, 0.717) is 0 Å². The van der Waals surface area contributed by atoms with Crippen LogP contribution in [0.5, 0.6) is 0 Å². The molecule has 0 N–H and O–H groups in total. The SMILES string of the molecule is CC=COCCCCCCCCCCCCCCCCC. The highest BCUT2D eigenvalue weighted by atomic mass is 16.5. The maximum Gasteiger partial charge on any atom is 0.0873 e. The molecule has 0 aromatic rings. The van der Waals surface area contributed by atoms with Crippen molar-refractivity contribution in [3.8, 4) is 0 Å². The average Bonchev–Trinajstić information content (AvgIpc) is 2.50. The van der Waals surface area contributed by atoms with E-state index >= 15 is 0 Å². The van der Waals surface area contributed by atoms with E-state index in [1.807, 2.05) is 13.0 Å². The van der Waals surface area contributed by atoms with Crippen LogP contribution in [-0.2, 0) is 4.74 Å². The zero-order chi connectivity index (χ0) is 15.4. The molecule has 21 heavy (non-hydrogen) atoms. The van der Waals surface area contributed by atoms with Gasteiger partial charge in [-0.05, 0) is 13.3 Å². The van der Waals surface area contributed by atoms with Gasteiger partial charge in [0.25, 0.3) is 0 Å². The summed E-state index contributed by atoms with van der Waals surface area (Å²) in [5.74, 6) is 0. The lowest BCUT2D eigenvalue weighted by atomic mass is 10.0. The first kappa shape index (κ1) is 20.5. The summed E-state index contributed by atoms with van der Waals surface area (Å²) < 4.78 is 5.32. The van der Waals surface area contributed by atoms with E-state index in [1.54, 1.807) is 6.26 Å². The van der Waals surface area contributed by atoms with Gasteiger partial charge in [0.1, 0.15) is 0 Å². The van der Waals surface area contributed by atoms with Crippen LogP contribution < -0.4 is 0 Å². The molecule has 0 amide bonds. The molecule has 0 aromatic carbocycles. The fourth-order valence-electron chi connectivity index (χ4n) is 2.72. The van der Waals surface area contributed by atoms with Crippen molar-refractivity contribution in [2.75, 3.05) is 6.61 Å². The molecule has 0 saturated carbocycles. The molecule has 0 fully saturated rings. The highest BCUT2D eigenvalue weighted by Crippen LogP contribution is 2.13. The van der Waals surface area contributed by atoms with Crippen LogP contribution in [-0.4, -0.2) is 6.61 Å². The standard InChI is InChI=1S/C20H40O/c1-3-5-6-7-8-9-10-11-12-13-14-15-16-17-18-20-21-19-4-2/h4,19H,3,5-18,20H2,1-2H3. The molecule has 0 bridgehead atoms. The van der Waals surface area contributed by atoms with E-state index < -0.39 is 0 Å². The highest BCUT2D eigenvalue weighted by Gasteiger charge is 1.94. The van der Waals surface area contributed by atoms with Gasteiger partial charge in [-0.1, -0.05) is 103 Å². The van der Waals surface area contributed by atoms with Crippen molar-refractivity contribution in [1.29, 1.82) is 0 Å². The predicted octanol–water partition coefficient (Wildman–Crippen LogP) is 7.41. The van der Waals surface area contributed by atoms with Crippen LogP contribution in [0.25, 0.3) is 0 Å². The Kier molecular flexibility index (Phi) is 19.1. The zero-order valence-corrected chi connectivity index (χ0v) is 14.9. The van der Waals surface area contributed by atoms with E-state index in [0.717, 1.165) is 6.61 Å². The maximum atomic E-state index is 5.32. The monoisotopic (exact) mass is 296 g/mol. The van der Waals surface area contributed by atoms with Gasteiger partial charge in [0.2, 0.25) is 0 Å². The van der Waals surface area contributed by atoms with Crippen LogP contribution in [0.2, 0.25) is 0 Å². The Morgan fingerprint density at radius 2 is 0.952 bits per heavy atom. The van der Waals surface area contributed by atoms with E-state index in [1.165, 1.54) is 96.3 Å². The number of rotatable bonds is 17. The van der Waals surface area contributed by atoms with Gasteiger partial charge in [-0.15, -0.1) is 0 Å². The molecule has 0 heterocycles. The van der Waals surface area contributed by atoms with Crippen molar-refractivity contribution in [2.24, 2.45) is 0 Å². The number of hydrogen-bond donors (Lipinski definition) is 0. The Morgan fingerprint density at radius 3 is 1.33 bits per heavy atom. The summed E-state index contributed by atoms with van der Waals surface area (Å²) in [5, 5.41) is 0. The minimum Gasteiger partial charge on any atom is -0.502 e.